The largest absolute Gasteiger partial charge is 0.394 e. The van der Waals surface area contributed by atoms with Gasteiger partial charge in [-0.3, -0.25) is 0 Å². The van der Waals surface area contributed by atoms with Crippen molar-refractivity contribution in [1.82, 2.24) is 0 Å². The van der Waals surface area contributed by atoms with Crippen LogP contribution < -0.4 is 0 Å². The first kappa shape index (κ1) is 11.0. The van der Waals surface area contributed by atoms with Gasteiger partial charge >= 0.3 is 0 Å². The predicted octanol–water partition coefficient (Wildman–Crippen LogP) is 2.21. The molecule has 2 heteroatoms. The number of hydrogen-bond acceptors (Lipinski definition) is 2. The maximum absolute atomic E-state index is 9.04. The molecule has 0 aromatic rings. The van der Waals surface area contributed by atoms with Crippen LogP contribution in [0.15, 0.2) is 0 Å². The number of aliphatic hydroxyl groups is 1. The van der Waals surface area contributed by atoms with Crippen molar-refractivity contribution in [2.24, 2.45) is 11.8 Å². The van der Waals surface area contributed by atoms with Crippen LogP contribution in [0.1, 0.15) is 40.5 Å². The summed E-state index contributed by atoms with van der Waals surface area (Å²) in [6.45, 7) is 9.00. The maximum atomic E-state index is 9.04. The van der Waals surface area contributed by atoms with Crippen molar-refractivity contribution in [1.29, 1.82) is 0 Å². The summed E-state index contributed by atoms with van der Waals surface area (Å²) in [4.78, 5) is 0. The lowest BCUT2D eigenvalue weighted by Gasteiger charge is -2.37. The van der Waals surface area contributed by atoms with Gasteiger partial charge in [-0.05, 0) is 24.7 Å². The molecule has 0 radical (unpaired) electrons. The predicted molar refractivity (Wildman–Crippen MR) is 53.6 cm³/mol. The van der Waals surface area contributed by atoms with Gasteiger partial charge in [0.1, 0.15) is 0 Å². The monoisotopic (exact) mass is 186 g/mol. The molecular weight excluding hydrogens is 164 g/mol. The Morgan fingerprint density at radius 3 is 2.08 bits per heavy atom. The molecular formula is C11H22O2. The molecule has 1 aliphatic heterocycles. The first-order valence-corrected chi connectivity index (χ1v) is 5.31. The van der Waals surface area contributed by atoms with Crippen LogP contribution in [0.2, 0.25) is 0 Å². The van der Waals surface area contributed by atoms with Crippen LogP contribution in [0.4, 0.5) is 0 Å². The summed E-state index contributed by atoms with van der Waals surface area (Å²) in [5, 5.41) is 9.04. The SMILES string of the molecule is CC(C)C1(C(C)C)CCC(CO)O1. The normalized spacial score (nSPS) is 27.5. The molecule has 1 fully saturated rings. The van der Waals surface area contributed by atoms with Crippen LogP contribution in [0, 0.1) is 11.8 Å². The van der Waals surface area contributed by atoms with E-state index in [2.05, 4.69) is 27.7 Å². The van der Waals surface area contributed by atoms with Crippen LogP contribution in [0.5, 0.6) is 0 Å². The third-order valence-corrected chi connectivity index (χ3v) is 3.40. The molecule has 1 rings (SSSR count). The van der Waals surface area contributed by atoms with E-state index in [-0.39, 0.29) is 18.3 Å². The lowest BCUT2D eigenvalue weighted by Crippen LogP contribution is -2.41. The Morgan fingerprint density at radius 1 is 1.31 bits per heavy atom. The first-order chi connectivity index (χ1) is 6.03. The average Bonchev–Trinajstić information content (AvgIpc) is 2.48. The number of rotatable bonds is 3. The van der Waals surface area contributed by atoms with E-state index in [1.165, 1.54) is 0 Å². The molecule has 1 heterocycles. The molecule has 78 valence electrons. The molecule has 0 aromatic heterocycles. The minimum atomic E-state index is 0.00734. The number of aliphatic hydroxyl groups excluding tert-OH is 1. The van der Waals surface area contributed by atoms with Gasteiger partial charge < -0.3 is 9.84 Å². The Labute approximate surface area is 81.3 Å². The van der Waals surface area contributed by atoms with Crippen molar-refractivity contribution in [3.05, 3.63) is 0 Å². The highest BCUT2D eigenvalue weighted by molar-refractivity contribution is 4.93. The van der Waals surface area contributed by atoms with Gasteiger partial charge in [-0.1, -0.05) is 27.7 Å². The van der Waals surface area contributed by atoms with Crippen molar-refractivity contribution in [3.8, 4) is 0 Å². The Balaban J connectivity index is 2.72. The van der Waals surface area contributed by atoms with Gasteiger partial charge in [0.2, 0.25) is 0 Å². The maximum Gasteiger partial charge on any atom is 0.0814 e. The zero-order valence-corrected chi connectivity index (χ0v) is 9.21. The van der Waals surface area contributed by atoms with Gasteiger partial charge in [0, 0.05) is 0 Å². The summed E-state index contributed by atoms with van der Waals surface area (Å²) in [5.41, 5.74) is 0.00734. The molecule has 2 nitrogen and oxygen atoms in total. The molecule has 1 unspecified atom stereocenters. The van der Waals surface area contributed by atoms with E-state index in [0.29, 0.717) is 11.8 Å². The Kier molecular flexibility index (Phi) is 3.36. The first-order valence-electron chi connectivity index (χ1n) is 5.31. The fourth-order valence-electron chi connectivity index (χ4n) is 2.46. The standard InChI is InChI=1S/C11H22O2/c1-8(2)11(9(3)4)6-5-10(7-12)13-11/h8-10,12H,5-7H2,1-4H3. The van der Waals surface area contributed by atoms with E-state index in [0.717, 1.165) is 12.8 Å². The summed E-state index contributed by atoms with van der Waals surface area (Å²) in [6.07, 6.45) is 2.17. The van der Waals surface area contributed by atoms with Crippen LogP contribution in [-0.2, 0) is 4.74 Å². The molecule has 1 atom stereocenters. The van der Waals surface area contributed by atoms with Crippen LogP contribution in [0.25, 0.3) is 0 Å². The fraction of sp³-hybridized carbons (Fsp3) is 1.00. The lowest BCUT2D eigenvalue weighted by atomic mass is 9.78. The van der Waals surface area contributed by atoms with Crippen molar-refractivity contribution in [2.75, 3.05) is 6.61 Å². The molecule has 1 N–H and O–H groups in total. The molecule has 0 amide bonds. The third kappa shape index (κ3) is 1.89. The van der Waals surface area contributed by atoms with Gasteiger partial charge in [-0.2, -0.15) is 0 Å². The summed E-state index contributed by atoms with van der Waals surface area (Å²) >= 11 is 0. The van der Waals surface area contributed by atoms with Gasteiger partial charge in [-0.15, -0.1) is 0 Å². The lowest BCUT2D eigenvalue weighted by molar-refractivity contribution is -0.112. The molecule has 0 saturated carbocycles. The topological polar surface area (TPSA) is 29.5 Å². The van der Waals surface area contributed by atoms with Crippen molar-refractivity contribution < 1.29 is 9.84 Å². The minimum Gasteiger partial charge on any atom is -0.394 e. The Hall–Kier alpha value is -0.0800. The highest BCUT2D eigenvalue weighted by Gasteiger charge is 2.44. The van der Waals surface area contributed by atoms with Crippen molar-refractivity contribution in [3.63, 3.8) is 0 Å². The number of hydrogen-bond donors (Lipinski definition) is 1. The highest BCUT2D eigenvalue weighted by atomic mass is 16.5. The Bertz CT molecular complexity index is 155. The van der Waals surface area contributed by atoms with E-state index >= 15 is 0 Å². The second kappa shape index (κ2) is 3.97. The van der Waals surface area contributed by atoms with Crippen LogP contribution in [0.3, 0.4) is 0 Å². The molecule has 0 spiro atoms. The van der Waals surface area contributed by atoms with Gasteiger partial charge in [0.05, 0.1) is 18.3 Å². The second-order valence-electron chi connectivity index (χ2n) is 4.73. The molecule has 0 aromatic carbocycles. The number of ether oxygens (including phenoxy) is 1. The molecule has 0 bridgehead atoms. The molecule has 13 heavy (non-hydrogen) atoms. The van der Waals surface area contributed by atoms with Gasteiger partial charge in [0.25, 0.3) is 0 Å². The van der Waals surface area contributed by atoms with Gasteiger partial charge in [0.15, 0.2) is 0 Å². The van der Waals surface area contributed by atoms with E-state index in [9.17, 15) is 0 Å². The highest BCUT2D eigenvalue weighted by Crippen LogP contribution is 2.41. The smallest absolute Gasteiger partial charge is 0.0814 e. The average molecular weight is 186 g/mol. The molecule has 1 saturated heterocycles. The van der Waals surface area contributed by atoms with E-state index < -0.39 is 0 Å². The quantitative estimate of drug-likeness (QED) is 0.732. The molecule has 0 aliphatic carbocycles. The van der Waals surface area contributed by atoms with E-state index in [4.69, 9.17) is 9.84 Å². The zero-order valence-electron chi connectivity index (χ0n) is 9.21. The van der Waals surface area contributed by atoms with Crippen molar-refractivity contribution >= 4 is 0 Å². The summed E-state index contributed by atoms with van der Waals surface area (Å²) in [7, 11) is 0. The minimum absolute atomic E-state index is 0.00734. The zero-order chi connectivity index (χ0) is 10.1. The Morgan fingerprint density at radius 2 is 1.85 bits per heavy atom. The summed E-state index contributed by atoms with van der Waals surface area (Å²) < 4.78 is 5.97. The summed E-state index contributed by atoms with van der Waals surface area (Å²) in [5.74, 6) is 1.06. The van der Waals surface area contributed by atoms with Crippen LogP contribution in [-0.4, -0.2) is 23.4 Å². The van der Waals surface area contributed by atoms with Crippen molar-refractivity contribution in [2.45, 2.75) is 52.2 Å². The van der Waals surface area contributed by atoms with E-state index in [1.54, 1.807) is 0 Å². The fourth-order valence-corrected chi connectivity index (χ4v) is 2.46. The second-order valence-corrected chi connectivity index (χ2v) is 4.73. The third-order valence-electron chi connectivity index (χ3n) is 3.40. The van der Waals surface area contributed by atoms with Crippen LogP contribution >= 0.6 is 0 Å². The summed E-state index contributed by atoms with van der Waals surface area (Å²) in [6, 6.07) is 0. The van der Waals surface area contributed by atoms with Gasteiger partial charge in [-0.25, -0.2) is 0 Å². The molecule has 1 aliphatic rings. The van der Waals surface area contributed by atoms with E-state index in [1.807, 2.05) is 0 Å².